The summed E-state index contributed by atoms with van der Waals surface area (Å²) in [6.07, 6.45) is 7.62. The van der Waals surface area contributed by atoms with Crippen molar-refractivity contribution < 1.29 is 4.52 Å². The second-order valence-corrected chi connectivity index (χ2v) is 7.00. The summed E-state index contributed by atoms with van der Waals surface area (Å²) in [6.45, 7) is 5.49. The molecule has 0 atom stereocenters. The number of aromatic nitrogens is 5. The Morgan fingerprint density at radius 3 is 2.57 bits per heavy atom. The Morgan fingerprint density at radius 1 is 0.929 bits per heavy atom. The van der Waals surface area contributed by atoms with Crippen molar-refractivity contribution in [3.8, 4) is 11.4 Å². The average Bonchev–Trinajstić information content (AvgIpc) is 3.36. The molecule has 5 heterocycles. The van der Waals surface area contributed by atoms with Crippen LogP contribution in [0.15, 0.2) is 59.6 Å². The number of hydrogen-bond donors (Lipinski definition) is 0. The third-order valence-corrected chi connectivity index (χ3v) is 5.01. The van der Waals surface area contributed by atoms with E-state index in [2.05, 4.69) is 35.5 Å². The van der Waals surface area contributed by atoms with E-state index in [-0.39, 0.29) is 0 Å². The lowest BCUT2D eigenvalue weighted by molar-refractivity contribution is 0.111. The van der Waals surface area contributed by atoms with Gasteiger partial charge in [0.2, 0.25) is 11.7 Å². The second kappa shape index (κ2) is 7.49. The molecule has 4 aromatic heterocycles. The first kappa shape index (κ1) is 17.0. The van der Waals surface area contributed by atoms with Crippen LogP contribution in [0.4, 0.5) is 0 Å². The zero-order valence-electron chi connectivity index (χ0n) is 15.5. The van der Waals surface area contributed by atoms with Gasteiger partial charge in [-0.15, -0.1) is 0 Å². The van der Waals surface area contributed by atoms with Crippen LogP contribution in [0.1, 0.15) is 11.6 Å². The standard InChI is InChI=1S/C20H21N7O/c1-2-7-27-14-17(22-18(27)5-1)13-25-8-10-26(11-9-25)15-19-23-20(24-28-19)16-4-3-6-21-12-16/h1-7,12,14H,8-11,13,15H2. The predicted octanol–water partition coefficient (Wildman–Crippen LogP) is 2.10. The molecule has 1 saturated heterocycles. The summed E-state index contributed by atoms with van der Waals surface area (Å²) in [4.78, 5) is 18.1. The van der Waals surface area contributed by atoms with Crippen LogP contribution in [0, 0.1) is 0 Å². The van der Waals surface area contributed by atoms with Crippen molar-refractivity contribution in [3.05, 3.63) is 66.7 Å². The Hall–Kier alpha value is -3.10. The van der Waals surface area contributed by atoms with Crippen LogP contribution in [-0.4, -0.2) is 60.5 Å². The molecule has 0 amide bonds. The first-order valence-corrected chi connectivity index (χ1v) is 9.44. The van der Waals surface area contributed by atoms with Gasteiger partial charge in [0.05, 0.1) is 12.2 Å². The molecular formula is C20H21N7O. The molecule has 4 aromatic rings. The van der Waals surface area contributed by atoms with Gasteiger partial charge in [-0.3, -0.25) is 14.8 Å². The molecule has 1 fully saturated rings. The van der Waals surface area contributed by atoms with E-state index in [1.54, 1.807) is 12.4 Å². The first-order chi connectivity index (χ1) is 13.8. The monoisotopic (exact) mass is 375 g/mol. The molecule has 0 saturated carbocycles. The maximum atomic E-state index is 5.42. The lowest BCUT2D eigenvalue weighted by Gasteiger charge is -2.33. The van der Waals surface area contributed by atoms with Gasteiger partial charge >= 0.3 is 0 Å². The quantitative estimate of drug-likeness (QED) is 0.529. The van der Waals surface area contributed by atoms with Crippen molar-refractivity contribution in [1.29, 1.82) is 0 Å². The highest BCUT2D eigenvalue weighted by Crippen LogP contribution is 2.16. The minimum Gasteiger partial charge on any atom is -0.338 e. The van der Waals surface area contributed by atoms with E-state index in [9.17, 15) is 0 Å². The van der Waals surface area contributed by atoms with E-state index in [4.69, 9.17) is 9.51 Å². The van der Waals surface area contributed by atoms with Crippen molar-refractivity contribution in [2.45, 2.75) is 13.1 Å². The third kappa shape index (κ3) is 3.64. The number of hydrogen-bond acceptors (Lipinski definition) is 7. The number of rotatable bonds is 5. The van der Waals surface area contributed by atoms with Crippen LogP contribution in [0.5, 0.6) is 0 Å². The van der Waals surface area contributed by atoms with E-state index in [0.29, 0.717) is 18.3 Å². The van der Waals surface area contributed by atoms with Gasteiger partial charge in [-0.1, -0.05) is 11.2 Å². The summed E-state index contributed by atoms with van der Waals surface area (Å²) in [5.74, 6) is 1.24. The molecule has 28 heavy (non-hydrogen) atoms. The molecule has 0 N–H and O–H groups in total. The SMILES string of the molecule is c1cncc(-c2noc(CN3CCN(Cc4cn5ccccc5n4)CC3)n2)c1. The number of piperazine rings is 1. The summed E-state index contributed by atoms with van der Waals surface area (Å²) in [5.41, 5.74) is 2.98. The van der Waals surface area contributed by atoms with E-state index in [0.717, 1.165) is 49.6 Å². The molecule has 0 radical (unpaired) electrons. The molecule has 0 unspecified atom stereocenters. The van der Waals surface area contributed by atoms with Gasteiger partial charge < -0.3 is 8.92 Å². The maximum absolute atomic E-state index is 5.42. The van der Waals surface area contributed by atoms with Crippen LogP contribution < -0.4 is 0 Å². The van der Waals surface area contributed by atoms with Crippen molar-refractivity contribution in [1.82, 2.24) is 34.3 Å². The first-order valence-electron chi connectivity index (χ1n) is 9.44. The highest BCUT2D eigenvalue weighted by Gasteiger charge is 2.20. The van der Waals surface area contributed by atoms with Crippen LogP contribution in [0.3, 0.4) is 0 Å². The second-order valence-electron chi connectivity index (χ2n) is 7.00. The van der Waals surface area contributed by atoms with Gasteiger partial charge in [-0.05, 0) is 24.3 Å². The Bertz CT molecular complexity index is 1020. The highest BCUT2D eigenvalue weighted by atomic mass is 16.5. The molecule has 1 aliphatic heterocycles. The molecule has 0 bridgehead atoms. The summed E-state index contributed by atoms with van der Waals surface area (Å²) >= 11 is 0. The van der Waals surface area contributed by atoms with E-state index in [1.165, 1.54) is 0 Å². The fraction of sp³-hybridized carbons (Fsp3) is 0.300. The highest BCUT2D eigenvalue weighted by molar-refractivity contribution is 5.51. The molecular weight excluding hydrogens is 354 g/mol. The molecule has 0 aliphatic carbocycles. The number of nitrogens with zero attached hydrogens (tertiary/aromatic N) is 7. The molecule has 8 nitrogen and oxygen atoms in total. The topological polar surface area (TPSA) is 75.6 Å². The molecule has 0 aromatic carbocycles. The fourth-order valence-corrected chi connectivity index (χ4v) is 3.52. The molecule has 8 heteroatoms. The average molecular weight is 375 g/mol. The zero-order chi connectivity index (χ0) is 18.8. The van der Waals surface area contributed by atoms with Gasteiger partial charge in [0, 0.05) is 63.1 Å². The van der Waals surface area contributed by atoms with Gasteiger partial charge in [-0.25, -0.2) is 4.98 Å². The normalized spacial score (nSPS) is 16.0. The third-order valence-electron chi connectivity index (χ3n) is 5.01. The number of imidazole rings is 1. The summed E-state index contributed by atoms with van der Waals surface area (Å²) in [7, 11) is 0. The minimum atomic E-state index is 0.591. The zero-order valence-corrected chi connectivity index (χ0v) is 15.5. The van der Waals surface area contributed by atoms with E-state index < -0.39 is 0 Å². The largest absolute Gasteiger partial charge is 0.338 e. The summed E-state index contributed by atoms with van der Waals surface area (Å²) in [5, 5.41) is 4.07. The lowest BCUT2D eigenvalue weighted by Crippen LogP contribution is -2.45. The molecule has 1 aliphatic rings. The summed E-state index contributed by atoms with van der Waals surface area (Å²) in [6, 6.07) is 9.87. The Labute approximate surface area is 162 Å². The van der Waals surface area contributed by atoms with Crippen LogP contribution >= 0.6 is 0 Å². The minimum absolute atomic E-state index is 0.591. The van der Waals surface area contributed by atoms with Crippen molar-refractivity contribution in [3.63, 3.8) is 0 Å². The van der Waals surface area contributed by atoms with Gasteiger partial charge in [0.25, 0.3) is 0 Å². The Morgan fingerprint density at radius 2 is 1.79 bits per heavy atom. The number of fused-ring (bicyclic) bond motifs is 1. The summed E-state index contributed by atoms with van der Waals surface area (Å²) < 4.78 is 7.49. The van der Waals surface area contributed by atoms with E-state index in [1.807, 2.05) is 36.5 Å². The van der Waals surface area contributed by atoms with Crippen LogP contribution in [0.25, 0.3) is 17.0 Å². The molecule has 5 rings (SSSR count). The fourth-order valence-electron chi connectivity index (χ4n) is 3.52. The molecule has 142 valence electrons. The lowest BCUT2D eigenvalue weighted by atomic mass is 10.3. The smallest absolute Gasteiger partial charge is 0.241 e. The van der Waals surface area contributed by atoms with Gasteiger partial charge in [0.1, 0.15) is 5.65 Å². The maximum Gasteiger partial charge on any atom is 0.241 e. The van der Waals surface area contributed by atoms with Crippen LogP contribution in [0.2, 0.25) is 0 Å². The van der Waals surface area contributed by atoms with Crippen molar-refractivity contribution in [2.24, 2.45) is 0 Å². The van der Waals surface area contributed by atoms with Crippen molar-refractivity contribution >= 4 is 5.65 Å². The number of pyridine rings is 2. The van der Waals surface area contributed by atoms with Gasteiger partial charge in [-0.2, -0.15) is 4.98 Å². The van der Waals surface area contributed by atoms with Crippen LogP contribution in [-0.2, 0) is 13.1 Å². The predicted molar refractivity (Wildman–Crippen MR) is 103 cm³/mol. The Balaban J connectivity index is 1.16. The molecule has 0 spiro atoms. The van der Waals surface area contributed by atoms with Crippen molar-refractivity contribution in [2.75, 3.05) is 26.2 Å². The van der Waals surface area contributed by atoms with E-state index >= 15 is 0 Å². The van der Waals surface area contributed by atoms with Gasteiger partial charge in [0.15, 0.2) is 0 Å². The Kier molecular flexibility index (Phi) is 4.56.